The summed E-state index contributed by atoms with van der Waals surface area (Å²) in [5.74, 6) is 2.24. The van der Waals surface area contributed by atoms with Crippen molar-refractivity contribution in [3.63, 3.8) is 0 Å². The lowest BCUT2D eigenvalue weighted by molar-refractivity contribution is 0.0945. The van der Waals surface area contributed by atoms with Gasteiger partial charge in [0.15, 0.2) is 0 Å². The first-order valence-electron chi connectivity index (χ1n) is 9.43. The SMILES string of the molecule is COc1ccccc1N1CCN(c2cc(C(=O)NC3CC3)nc(C)n2)CC1. The van der Waals surface area contributed by atoms with Gasteiger partial charge in [0, 0.05) is 38.3 Å². The maximum atomic E-state index is 12.3. The lowest BCUT2D eigenvalue weighted by Crippen LogP contribution is -2.47. The standard InChI is InChI=1S/C20H25N5O2/c1-14-21-16(20(26)23-15-7-8-15)13-19(22-14)25-11-9-24(10-12-25)17-5-3-4-6-18(17)27-2/h3-6,13,15H,7-12H2,1-2H3,(H,23,26). The van der Waals surface area contributed by atoms with E-state index in [-0.39, 0.29) is 5.91 Å². The molecule has 1 amide bonds. The predicted molar refractivity (Wildman–Crippen MR) is 105 cm³/mol. The van der Waals surface area contributed by atoms with Gasteiger partial charge in [0.2, 0.25) is 0 Å². The first-order chi connectivity index (χ1) is 13.1. The summed E-state index contributed by atoms with van der Waals surface area (Å²) in [4.78, 5) is 25.8. The lowest BCUT2D eigenvalue weighted by atomic mass is 10.2. The summed E-state index contributed by atoms with van der Waals surface area (Å²) in [6.07, 6.45) is 2.13. The number of anilines is 2. The van der Waals surface area contributed by atoms with Crippen LogP contribution in [0.3, 0.4) is 0 Å². The molecule has 1 aliphatic carbocycles. The number of piperazine rings is 1. The summed E-state index contributed by atoms with van der Waals surface area (Å²) < 4.78 is 5.48. The molecule has 1 aromatic heterocycles. The van der Waals surface area contributed by atoms with Gasteiger partial charge in [0.25, 0.3) is 5.91 Å². The number of carbonyl (C=O) groups is 1. The fraction of sp³-hybridized carbons (Fsp3) is 0.450. The molecule has 4 rings (SSSR count). The number of carbonyl (C=O) groups excluding carboxylic acids is 1. The Morgan fingerprint density at radius 2 is 1.81 bits per heavy atom. The zero-order valence-corrected chi connectivity index (χ0v) is 15.8. The Hall–Kier alpha value is -2.83. The number of para-hydroxylation sites is 2. The molecule has 2 aliphatic rings. The molecular weight excluding hydrogens is 342 g/mol. The average molecular weight is 367 g/mol. The molecule has 2 fully saturated rings. The number of hydrogen-bond acceptors (Lipinski definition) is 6. The van der Waals surface area contributed by atoms with E-state index in [0.29, 0.717) is 17.6 Å². The van der Waals surface area contributed by atoms with E-state index in [0.717, 1.165) is 56.3 Å². The van der Waals surface area contributed by atoms with Crippen molar-refractivity contribution in [1.82, 2.24) is 15.3 Å². The molecule has 0 radical (unpaired) electrons. The third kappa shape index (κ3) is 3.97. The third-order valence-corrected chi connectivity index (χ3v) is 5.00. The largest absolute Gasteiger partial charge is 0.495 e. The lowest BCUT2D eigenvalue weighted by Gasteiger charge is -2.37. The number of amides is 1. The molecule has 0 atom stereocenters. The number of aryl methyl sites for hydroxylation is 1. The highest BCUT2D eigenvalue weighted by atomic mass is 16.5. The minimum atomic E-state index is -0.100. The smallest absolute Gasteiger partial charge is 0.270 e. The molecule has 2 heterocycles. The van der Waals surface area contributed by atoms with E-state index in [1.165, 1.54) is 0 Å². The third-order valence-electron chi connectivity index (χ3n) is 5.00. The van der Waals surface area contributed by atoms with Gasteiger partial charge in [0.1, 0.15) is 23.1 Å². The fourth-order valence-electron chi connectivity index (χ4n) is 3.38. The van der Waals surface area contributed by atoms with Gasteiger partial charge in [-0.1, -0.05) is 12.1 Å². The van der Waals surface area contributed by atoms with Crippen molar-refractivity contribution in [2.75, 3.05) is 43.1 Å². The number of hydrogen-bond donors (Lipinski definition) is 1. The maximum absolute atomic E-state index is 12.3. The fourth-order valence-corrected chi connectivity index (χ4v) is 3.38. The second-order valence-electron chi connectivity index (χ2n) is 7.05. The summed E-state index contributed by atoms with van der Waals surface area (Å²) in [6.45, 7) is 5.24. The van der Waals surface area contributed by atoms with E-state index in [2.05, 4.69) is 31.2 Å². The molecule has 7 nitrogen and oxygen atoms in total. The van der Waals surface area contributed by atoms with Gasteiger partial charge >= 0.3 is 0 Å². The molecule has 1 aromatic carbocycles. The molecular formula is C20H25N5O2. The molecule has 2 aromatic rings. The van der Waals surface area contributed by atoms with E-state index in [1.807, 2.05) is 31.2 Å². The summed E-state index contributed by atoms with van der Waals surface area (Å²) in [5.41, 5.74) is 1.57. The van der Waals surface area contributed by atoms with Gasteiger partial charge in [0.05, 0.1) is 12.8 Å². The Bertz CT molecular complexity index is 829. The molecule has 1 saturated carbocycles. The van der Waals surface area contributed by atoms with Gasteiger partial charge < -0.3 is 19.9 Å². The molecule has 0 spiro atoms. The van der Waals surface area contributed by atoms with Crippen LogP contribution in [0, 0.1) is 6.92 Å². The molecule has 1 saturated heterocycles. The molecule has 27 heavy (non-hydrogen) atoms. The van der Waals surface area contributed by atoms with E-state index in [9.17, 15) is 4.79 Å². The van der Waals surface area contributed by atoms with Crippen molar-refractivity contribution >= 4 is 17.4 Å². The summed E-state index contributed by atoms with van der Waals surface area (Å²) in [7, 11) is 1.70. The Morgan fingerprint density at radius 3 is 2.52 bits per heavy atom. The second kappa shape index (κ2) is 7.42. The van der Waals surface area contributed by atoms with E-state index in [4.69, 9.17) is 4.74 Å². The molecule has 1 aliphatic heterocycles. The number of benzene rings is 1. The van der Waals surface area contributed by atoms with Gasteiger partial charge in [-0.3, -0.25) is 4.79 Å². The van der Waals surface area contributed by atoms with Gasteiger partial charge in [-0.05, 0) is 31.9 Å². The van der Waals surface area contributed by atoms with Crippen LogP contribution in [0.1, 0.15) is 29.2 Å². The summed E-state index contributed by atoms with van der Waals surface area (Å²) >= 11 is 0. The zero-order valence-electron chi connectivity index (χ0n) is 15.8. The highest BCUT2D eigenvalue weighted by Crippen LogP contribution is 2.29. The van der Waals surface area contributed by atoms with Gasteiger partial charge in [-0.25, -0.2) is 9.97 Å². The Morgan fingerprint density at radius 1 is 1.11 bits per heavy atom. The van der Waals surface area contributed by atoms with Gasteiger partial charge in [-0.15, -0.1) is 0 Å². The van der Waals surface area contributed by atoms with Crippen molar-refractivity contribution in [1.29, 1.82) is 0 Å². The number of methoxy groups -OCH3 is 1. The topological polar surface area (TPSA) is 70.6 Å². The van der Waals surface area contributed by atoms with Crippen LogP contribution in [0.2, 0.25) is 0 Å². The number of ether oxygens (including phenoxy) is 1. The van der Waals surface area contributed by atoms with E-state index >= 15 is 0 Å². The van der Waals surface area contributed by atoms with Crippen LogP contribution in [-0.2, 0) is 0 Å². The van der Waals surface area contributed by atoms with Crippen LogP contribution in [0.25, 0.3) is 0 Å². The van der Waals surface area contributed by atoms with Crippen LogP contribution in [0.4, 0.5) is 11.5 Å². The number of nitrogens with zero attached hydrogens (tertiary/aromatic N) is 4. The summed E-state index contributed by atoms with van der Waals surface area (Å²) in [6, 6.07) is 10.2. The minimum Gasteiger partial charge on any atom is -0.495 e. The van der Waals surface area contributed by atoms with Crippen molar-refractivity contribution < 1.29 is 9.53 Å². The maximum Gasteiger partial charge on any atom is 0.270 e. The monoisotopic (exact) mass is 367 g/mol. The van der Waals surface area contributed by atoms with Crippen LogP contribution < -0.4 is 19.9 Å². The van der Waals surface area contributed by atoms with Crippen LogP contribution in [0.15, 0.2) is 30.3 Å². The molecule has 0 bridgehead atoms. The van der Waals surface area contributed by atoms with Crippen molar-refractivity contribution in [3.05, 3.63) is 41.9 Å². The summed E-state index contributed by atoms with van der Waals surface area (Å²) in [5, 5.41) is 3.00. The number of aromatic nitrogens is 2. The molecule has 142 valence electrons. The normalized spacial score (nSPS) is 17.0. The van der Waals surface area contributed by atoms with Crippen LogP contribution in [-0.4, -0.2) is 55.2 Å². The first kappa shape index (κ1) is 17.6. The first-order valence-corrected chi connectivity index (χ1v) is 9.43. The highest BCUT2D eigenvalue weighted by molar-refractivity contribution is 5.93. The Balaban J connectivity index is 1.46. The number of rotatable bonds is 5. The Kier molecular flexibility index (Phi) is 4.83. The van der Waals surface area contributed by atoms with Crippen molar-refractivity contribution in [2.45, 2.75) is 25.8 Å². The van der Waals surface area contributed by atoms with Crippen molar-refractivity contribution in [3.8, 4) is 5.75 Å². The number of nitrogens with one attached hydrogen (secondary N) is 1. The molecule has 0 unspecified atom stereocenters. The van der Waals surface area contributed by atoms with E-state index in [1.54, 1.807) is 7.11 Å². The minimum absolute atomic E-state index is 0.100. The van der Waals surface area contributed by atoms with E-state index < -0.39 is 0 Å². The molecule has 7 heteroatoms. The van der Waals surface area contributed by atoms with Gasteiger partial charge in [-0.2, -0.15) is 0 Å². The van der Waals surface area contributed by atoms with Crippen LogP contribution >= 0.6 is 0 Å². The molecule has 1 N–H and O–H groups in total. The average Bonchev–Trinajstić information content (AvgIpc) is 3.51. The predicted octanol–water partition coefficient (Wildman–Crippen LogP) is 2.01. The second-order valence-corrected chi connectivity index (χ2v) is 7.05. The van der Waals surface area contributed by atoms with Crippen LogP contribution in [0.5, 0.6) is 5.75 Å². The Labute approximate surface area is 159 Å². The highest BCUT2D eigenvalue weighted by Gasteiger charge is 2.26. The quantitative estimate of drug-likeness (QED) is 0.872. The van der Waals surface area contributed by atoms with Crippen molar-refractivity contribution in [2.24, 2.45) is 0 Å². The zero-order chi connectivity index (χ0) is 18.8.